The van der Waals surface area contributed by atoms with Gasteiger partial charge < -0.3 is 14.5 Å². The Bertz CT molecular complexity index is 573. The van der Waals surface area contributed by atoms with Gasteiger partial charge in [0.2, 0.25) is 11.8 Å². The molecule has 132 valence electrons. The van der Waals surface area contributed by atoms with E-state index in [1.165, 1.54) is 13.3 Å². The smallest absolute Gasteiger partial charge is 0.242 e. The first-order chi connectivity index (χ1) is 11.5. The first-order valence-electron chi connectivity index (χ1n) is 8.66. The molecule has 0 aromatic heterocycles. The lowest BCUT2D eigenvalue weighted by atomic mass is 10.0. The molecule has 0 radical (unpaired) electrons. The summed E-state index contributed by atoms with van der Waals surface area (Å²) >= 11 is 0. The summed E-state index contributed by atoms with van der Waals surface area (Å²) in [6.45, 7) is 5.98. The summed E-state index contributed by atoms with van der Waals surface area (Å²) < 4.78 is 5.35. The summed E-state index contributed by atoms with van der Waals surface area (Å²) in [5.41, 5.74) is 1.05. The highest BCUT2D eigenvalue weighted by Gasteiger charge is 2.23. The average molecular weight is 332 g/mol. The molecule has 1 atom stereocenters. The van der Waals surface area contributed by atoms with Crippen LogP contribution in [0.4, 0.5) is 0 Å². The van der Waals surface area contributed by atoms with Crippen molar-refractivity contribution < 1.29 is 14.3 Å². The Hall–Kier alpha value is -2.04. The molecule has 0 saturated carbocycles. The van der Waals surface area contributed by atoms with Crippen molar-refractivity contribution in [2.24, 2.45) is 5.92 Å². The number of hydrogen-bond donors (Lipinski definition) is 0. The maximum Gasteiger partial charge on any atom is 0.242 e. The van der Waals surface area contributed by atoms with E-state index in [0.29, 0.717) is 18.9 Å². The third-order valence-corrected chi connectivity index (χ3v) is 4.62. The number of para-hydroxylation sites is 1. The number of amides is 2. The molecule has 24 heavy (non-hydrogen) atoms. The minimum atomic E-state index is -0.0664. The van der Waals surface area contributed by atoms with E-state index in [4.69, 9.17) is 4.74 Å². The van der Waals surface area contributed by atoms with Crippen LogP contribution in [0.15, 0.2) is 24.3 Å². The number of carbonyl (C=O) groups is 2. The summed E-state index contributed by atoms with van der Waals surface area (Å²) in [5.74, 6) is 1.35. The standard InChI is InChI=1S/C19H28N2O3/c1-15-7-6-11-21(13-15)19(23)14-20(16(2)22)12-10-17-8-4-5-9-18(17)24-3/h4-5,8-9,15H,6-7,10-14H2,1-3H3. The summed E-state index contributed by atoms with van der Waals surface area (Å²) in [4.78, 5) is 28.0. The Morgan fingerprint density at radius 2 is 2.08 bits per heavy atom. The van der Waals surface area contributed by atoms with E-state index in [0.717, 1.165) is 30.8 Å². The van der Waals surface area contributed by atoms with Gasteiger partial charge in [-0.05, 0) is 36.8 Å². The van der Waals surface area contributed by atoms with Gasteiger partial charge in [-0.3, -0.25) is 9.59 Å². The van der Waals surface area contributed by atoms with Gasteiger partial charge in [-0.25, -0.2) is 0 Å². The Kier molecular flexibility index (Phi) is 6.64. The molecular weight excluding hydrogens is 304 g/mol. The molecule has 1 aromatic rings. The predicted molar refractivity (Wildman–Crippen MR) is 93.9 cm³/mol. The van der Waals surface area contributed by atoms with Crippen molar-refractivity contribution in [3.63, 3.8) is 0 Å². The van der Waals surface area contributed by atoms with E-state index in [1.54, 1.807) is 12.0 Å². The lowest BCUT2D eigenvalue weighted by molar-refractivity contribution is -0.140. The number of ether oxygens (including phenoxy) is 1. The van der Waals surface area contributed by atoms with Crippen molar-refractivity contribution in [2.75, 3.05) is 33.3 Å². The topological polar surface area (TPSA) is 49.9 Å². The zero-order valence-electron chi connectivity index (χ0n) is 15.0. The molecule has 0 spiro atoms. The normalized spacial score (nSPS) is 17.5. The molecule has 1 aliphatic rings. The number of methoxy groups -OCH3 is 1. The van der Waals surface area contributed by atoms with Crippen LogP contribution in [0, 0.1) is 5.92 Å². The van der Waals surface area contributed by atoms with Crippen LogP contribution in [0.1, 0.15) is 32.3 Å². The third-order valence-electron chi connectivity index (χ3n) is 4.62. The van der Waals surface area contributed by atoms with Crippen LogP contribution in [0.25, 0.3) is 0 Å². The van der Waals surface area contributed by atoms with E-state index in [2.05, 4.69) is 6.92 Å². The predicted octanol–water partition coefficient (Wildman–Crippen LogP) is 2.34. The highest BCUT2D eigenvalue weighted by atomic mass is 16.5. The molecule has 1 unspecified atom stereocenters. The fraction of sp³-hybridized carbons (Fsp3) is 0.579. The Morgan fingerprint density at radius 1 is 1.33 bits per heavy atom. The van der Waals surface area contributed by atoms with E-state index in [1.807, 2.05) is 29.2 Å². The van der Waals surface area contributed by atoms with E-state index < -0.39 is 0 Å². The minimum absolute atomic E-state index is 0.0526. The lowest BCUT2D eigenvalue weighted by Crippen LogP contribution is -2.46. The largest absolute Gasteiger partial charge is 0.496 e. The van der Waals surface area contributed by atoms with Gasteiger partial charge in [0, 0.05) is 26.6 Å². The van der Waals surface area contributed by atoms with Crippen molar-refractivity contribution in [3.05, 3.63) is 29.8 Å². The number of hydrogen-bond acceptors (Lipinski definition) is 3. The second-order valence-electron chi connectivity index (χ2n) is 6.59. The number of rotatable bonds is 6. The van der Waals surface area contributed by atoms with E-state index in [-0.39, 0.29) is 18.4 Å². The molecule has 2 rings (SSSR count). The van der Waals surface area contributed by atoms with Crippen molar-refractivity contribution in [1.82, 2.24) is 9.80 Å². The van der Waals surface area contributed by atoms with Crippen LogP contribution in [0.5, 0.6) is 5.75 Å². The number of piperidine rings is 1. The molecule has 5 nitrogen and oxygen atoms in total. The third kappa shape index (κ3) is 4.98. The first-order valence-corrected chi connectivity index (χ1v) is 8.66. The molecule has 2 amide bonds. The van der Waals surface area contributed by atoms with Gasteiger partial charge in [-0.1, -0.05) is 25.1 Å². The molecule has 1 fully saturated rings. The van der Waals surface area contributed by atoms with Crippen molar-refractivity contribution >= 4 is 11.8 Å². The maximum absolute atomic E-state index is 12.5. The van der Waals surface area contributed by atoms with Crippen LogP contribution >= 0.6 is 0 Å². The second kappa shape index (κ2) is 8.71. The molecule has 0 bridgehead atoms. The first kappa shape index (κ1) is 18.3. The Morgan fingerprint density at radius 3 is 2.75 bits per heavy atom. The summed E-state index contributed by atoms with van der Waals surface area (Å²) in [6, 6.07) is 7.78. The van der Waals surface area contributed by atoms with Crippen molar-refractivity contribution in [3.8, 4) is 5.75 Å². The molecule has 1 aromatic carbocycles. The molecular formula is C19H28N2O3. The molecule has 0 N–H and O–H groups in total. The van der Waals surface area contributed by atoms with Crippen LogP contribution in [0.3, 0.4) is 0 Å². The molecule has 1 saturated heterocycles. The van der Waals surface area contributed by atoms with Gasteiger partial charge in [-0.15, -0.1) is 0 Å². The quantitative estimate of drug-likeness (QED) is 0.803. The number of carbonyl (C=O) groups excluding carboxylic acids is 2. The molecule has 0 aliphatic carbocycles. The van der Waals surface area contributed by atoms with Gasteiger partial charge in [-0.2, -0.15) is 0 Å². The molecule has 1 heterocycles. The SMILES string of the molecule is COc1ccccc1CCN(CC(=O)N1CCCC(C)C1)C(C)=O. The highest BCUT2D eigenvalue weighted by Crippen LogP contribution is 2.19. The fourth-order valence-corrected chi connectivity index (χ4v) is 3.19. The van der Waals surface area contributed by atoms with Crippen molar-refractivity contribution in [1.29, 1.82) is 0 Å². The lowest BCUT2D eigenvalue weighted by Gasteiger charge is -2.32. The number of nitrogens with zero attached hydrogens (tertiary/aromatic N) is 2. The minimum Gasteiger partial charge on any atom is -0.496 e. The fourth-order valence-electron chi connectivity index (χ4n) is 3.19. The zero-order valence-corrected chi connectivity index (χ0v) is 15.0. The van der Waals surface area contributed by atoms with Crippen LogP contribution in [0.2, 0.25) is 0 Å². The summed E-state index contributed by atoms with van der Waals surface area (Å²) in [6.07, 6.45) is 2.90. The van der Waals surface area contributed by atoms with Crippen LogP contribution in [-0.4, -0.2) is 54.9 Å². The van der Waals surface area contributed by atoms with Crippen LogP contribution < -0.4 is 4.74 Å². The monoisotopic (exact) mass is 332 g/mol. The highest BCUT2D eigenvalue weighted by molar-refractivity contribution is 5.84. The van der Waals surface area contributed by atoms with E-state index in [9.17, 15) is 9.59 Å². The van der Waals surface area contributed by atoms with Gasteiger partial charge in [0.25, 0.3) is 0 Å². The van der Waals surface area contributed by atoms with Gasteiger partial charge in [0.05, 0.1) is 13.7 Å². The Balaban J connectivity index is 1.94. The summed E-state index contributed by atoms with van der Waals surface area (Å²) in [7, 11) is 1.64. The second-order valence-corrected chi connectivity index (χ2v) is 6.59. The summed E-state index contributed by atoms with van der Waals surface area (Å²) in [5, 5.41) is 0. The van der Waals surface area contributed by atoms with Gasteiger partial charge >= 0.3 is 0 Å². The maximum atomic E-state index is 12.5. The van der Waals surface area contributed by atoms with Crippen LogP contribution in [-0.2, 0) is 16.0 Å². The number of likely N-dealkylation sites (tertiary alicyclic amines) is 1. The van der Waals surface area contributed by atoms with Gasteiger partial charge in [0.15, 0.2) is 0 Å². The van der Waals surface area contributed by atoms with Gasteiger partial charge in [0.1, 0.15) is 5.75 Å². The molecule has 5 heteroatoms. The average Bonchev–Trinajstić information content (AvgIpc) is 2.58. The Labute approximate surface area is 144 Å². The van der Waals surface area contributed by atoms with Crippen molar-refractivity contribution in [2.45, 2.75) is 33.1 Å². The number of benzene rings is 1. The van der Waals surface area contributed by atoms with E-state index >= 15 is 0 Å². The molecule has 1 aliphatic heterocycles. The zero-order chi connectivity index (χ0) is 17.5.